The number of hydrogen-bond acceptors (Lipinski definition) is 23. The molecule has 1 aromatic carbocycles. The summed E-state index contributed by atoms with van der Waals surface area (Å²) in [5.74, 6) is -19.5. The molecule has 13 atom stereocenters. The summed E-state index contributed by atoms with van der Waals surface area (Å²) in [6, 6.07) is -13.1. The minimum Gasteiger partial charge on any atom is -0.481 e. The quantitative estimate of drug-likeness (QED) is 0.0166. The van der Waals surface area contributed by atoms with Gasteiger partial charge in [-0.15, -0.1) is 0 Å². The van der Waals surface area contributed by atoms with Crippen molar-refractivity contribution < 1.29 is 102 Å². The topological polar surface area (TPSA) is 777 Å². The van der Waals surface area contributed by atoms with Gasteiger partial charge in [-0.25, -0.2) is 4.79 Å². The summed E-state index contributed by atoms with van der Waals surface area (Å²) in [6.07, 6.45) is -0.986. The molecular weight excluding hydrogens is 1580 g/mol. The fourth-order valence-electron chi connectivity index (χ4n) is 13.1. The van der Waals surface area contributed by atoms with E-state index in [1.807, 2.05) is 0 Å². The fourth-order valence-corrected chi connectivity index (χ4v) is 13.6. The Morgan fingerprint density at radius 1 is 0.479 bits per heavy atom. The number of unbranched alkanes of at least 4 members (excludes halogenated alkanes) is 1. The van der Waals surface area contributed by atoms with E-state index in [0.29, 0.717) is 28.6 Å². The van der Waals surface area contributed by atoms with Crippen molar-refractivity contribution in [2.75, 3.05) is 51.3 Å². The average Bonchev–Trinajstić information content (AvgIpc) is 1.69. The van der Waals surface area contributed by atoms with E-state index < -0.39 is 229 Å². The molecule has 2 aliphatic heterocycles. The SMILES string of the molecule is CSCC[C@H](NC(=O)[C@@H]1CCCN1C(=O)[C@@H](N)CCC(=O)O)C(=O)N[C@@H](C)C(=O)N[C@@H](CCCNC(=N)N)C(=O)N1CCC[C@H]1C(=O)N[C@@H](Cc1c[nH]c2ccccc12)C(=O)N[C@@H](CCC(=O)O)C(=O)N[C@@H](CCCNC(=N)N)C(=O)N[C@@H](CCCCN)C(=O)N[C@@H](CCC(N)=O)C(=O)N[C@@H](CC(=O)O)C(=O)N[C@@H](CCCNC(=N)N)C(=O)O. The Kier molecular flexibility index (Phi) is 42.6. The number of benzene rings is 1. The number of para-hydroxylation sites is 1. The highest BCUT2D eigenvalue weighted by Crippen LogP contribution is 2.24. The molecule has 119 heavy (non-hydrogen) atoms. The van der Waals surface area contributed by atoms with E-state index in [0.717, 1.165) is 0 Å². The number of amides is 13. The van der Waals surface area contributed by atoms with Crippen LogP contribution in [-0.4, -0.2) is 284 Å². The van der Waals surface area contributed by atoms with Crippen LogP contribution >= 0.6 is 11.8 Å². The van der Waals surface area contributed by atoms with Gasteiger partial charge in [0, 0.05) is 75.5 Å². The molecule has 0 aliphatic carbocycles. The van der Waals surface area contributed by atoms with Gasteiger partial charge >= 0.3 is 23.9 Å². The molecule has 47 heteroatoms. The number of nitrogens with two attached hydrogens (primary N) is 6. The molecule has 2 aromatic rings. The van der Waals surface area contributed by atoms with Gasteiger partial charge in [0.05, 0.1) is 12.5 Å². The van der Waals surface area contributed by atoms with Crippen molar-refractivity contribution >= 4 is 141 Å². The molecule has 2 fully saturated rings. The zero-order chi connectivity index (χ0) is 88.6. The highest BCUT2D eigenvalue weighted by molar-refractivity contribution is 7.98. The van der Waals surface area contributed by atoms with Crippen molar-refractivity contribution in [2.45, 2.75) is 227 Å². The number of fused-ring (bicyclic) bond motifs is 1. The molecule has 1 aromatic heterocycles. The van der Waals surface area contributed by atoms with Crippen LogP contribution < -0.4 is 104 Å². The number of rotatable bonds is 55. The number of nitrogens with one attached hydrogen (secondary N) is 17. The second-order valence-electron chi connectivity index (χ2n) is 28.7. The summed E-state index contributed by atoms with van der Waals surface area (Å²) in [6.45, 7) is 1.43. The maximum Gasteiger partial charge on any atom is 0.326 e. The van der Waals surface area contributed by atoms with Crippen LogP contribution in [0.15, 0.2) is 30.5 Å². The number of carboxylic acid groups (broad SMARTS) is 4. The van der Waals surface area contributed by atoms with E-state index in [2.05, 4.69) is 74.1 Å². The number of hydrogen-bond donors (Lipinski definition) is 27. The summed E-state index contributed by atoms with van der Waals surface area (Å²) in [7, 11) is 0. The number of carbonyl (C=O) groups is 17. The van der Waals surface area contributed by atoms with Gasteiger partial charge in [0.25, 0.3) is 0 Å². The molecule has 46 nitrogen and oxygen atoms in total. The summed E-state index contributed by atoms with van der Waals surface area (Å²) < 4.78 is 0. The second-order valence-corrected chi connectivity index (χ2v) is 29.6. The number of carboxylic acids is 4. The van der Waals surface area contributed by atoms with Crippen LogP contribution in [0.2, 0.25) is 0 Å². The Bertz CT molecular complexity index is 3930. The highest BCUT2D eigenvalue weighted by Gasteiger charge is 2.43. The lowest BCUT2D eigenvalue weighted by molar-refractivity contribution is -0.144. The largest absolute Gasteiger partial charge is 0.481 e. The molecule has 660 valence electrons. The van der Waals surface area contributed by atoms with Gasteiger partial charge in [0.1, 0.15) is 72.5 Å². The molecule has 3 heterocycles. The lowest BCUT2D eigenvalue weighted by Gasteiger charge is -2.31. The lowest BCUT2D eigenvalue weighted by Crippen LogP contribution is -2.61. The van der Waals surface area contributed by atoms with Crippen molar-refractivity contribution in [3.05, 3.63) is 36.0 Å². The molecule has 33 N–H and O–H groups in total. The van der Waals surface area contributed by atoms with Crippen molar-refractivity contribution in [1.82, 2.24) is 83.9 Å². The van der Waals surface area contributed by atoms with Gasteiger partial charge in [-0.2, -0.15) is 11.8 Å². The Morgan fingerprint density at radius 2 is 0.891 bits per heavy atom. The minimum atomic E-state index is -2.00. The van der Waals surface area contributed by atoms with Crippen LogP contribution in [0.5, 0.6) is 0 Å². The third kappa shape index (κ3) is 34.9. The number of aliphatic carboxylic acids is 4. The van der Waals surface area contributed by atoms with E-state index in [1.165, 1.54) is 28.5 Å². The average molecular weight is 1700 g/mol. The molecule has 2 saturated heterocycles. The van der Waals surface area contributed by atoms with Crippen LogP contribution in [-0.2, 0) is 87.9 Å². The van der Waals surface area contributed by atoms with Crippen LogP contribution in [0, 0.1) is 16.2 Å². The smallest absolute Gasteiger partial charge is 0.326 e. The summed E-state index contributed by atoms with van der Waals surface area (Å²) in [5.41, 5.74) is 34.6. The van der Waals surface area contributed by atoms with E-state index in [-0.39, 0.29) is 142 Å². The molecule has 0 radical (unpaired) electrons. The predicted octanol–water partition coefficient (Wildman–Crippen LogP) is -6.89. The first-order valence-corrected chi connectivity index (χ1v) is 40.3. The second kappa shape index (κ2) is 51.1. The number of H-pyrrole nitrogens is 1. The normalized spacial score (nSPS) is 16.4. The lowest BCUT2D eigenvalue weighted by atomic mass is 10.0. The maximum absolute atomic E-state index is 15.1. The number of likely N-dealkylation sites (tertiary alicyclic amines) is 2. The number of thioether (sulfide) groups is 1. The molecule has 0 saturated carbocycles. The zero-order valence-electron chi connectivity index (χ0n) is 66.4. The maximum atomic E-state index is 15.1. The van der Waals surface area contributed by atoms with E-state index in [9.17, 15) is 92.0 Å². The standard InChI is InChI=1S/C72H115N25O21S/c1-37(86-58(106)46(26-33-119-2)91-65(113)51-18-10-31-96(51)67(115)40(74)20-24-54(99)100)57(105)92-47(16-8-29-83-71(78)79)68(116)97-32-11-19-52(97)66(114)95-49(34-38-36-85-41-13-4-3-12-39(38)41)63(111)90-45(22-25-55(101)102)61(109)88-43(15-7-28-82-70(76)77)60(108)87-42(14-5-6-27-73)59(107)89-44(21-23-53(75)98)62(110)94-50(35-56(103)104)64(112)93-48(69(117)118)17-9-30-84-72(80)81/h3-4,12-13,36-37,40,42-52,85H,5-11,14-35,73-74H2,1-2H3,(H2,75,98)(H,86,106)(H,87,108)(H,88,109)(H,89,107)(H,90,111)(H,91,113)(H,92,105)(H,93,112)(H,94,110)(H,95,114)(H,99,100)(H,101,102)(H,103,104)(H,117,118)(H4,76,77,82)(H4,78,79,83)(H4,80,81,84)/t37-,40-,42-,43-,44-,45-,46-,47-,48-,49-,50-,51-,52-/m0/s1. The number of aromatic nitrogens is 1. The first-order chi connectivity index (χ1) is 56.3. The first-order valence-electron chi connectivity index (χ1n) is 38.9. The molecule has 0 unspecified atom stereocenters. The molecule has 13 amide bonds. The fraction of sp³-hybridized carbons (Fsp3) is 0.611. The van der Waals surface area contributed by atoms with Crippen LogP contribution in [0.25, 0.3) is 10.9 Å². The Labute approximate surface area is 688 Å². The third-order valence-corrected chi connectivity index (χ3v) is 20.0. The molecule has 2 aliphatic rings. The molecular formula is C72H115N25O21S. The van der Waals surface area contributed by atoms with Crippen LogP contribution in [0.3, 0.4) is 0 Å². The Hall–Kier alpha value is -12.2. The van der Waals surface area contributed by atoms with Crippen molar-refractivity contribution in [2.24, 2.45) is 34.4 Å². The third-order valence-electron chi connectivity index (χ3n) is 19.4. The molecule has 0 spiro atoms. The van der Waals surface area contributed by atoms with Crippen molar-refractivity contribution in [1.29, 1.82) is 16.2 Å². The van der Waals surface area contributed by atoms with Gasteiger partial charge in [0.15, 0.2) is 17.9 Å². The van der Waals surface area contributed by atoms with Crippen molar-refractivity contribution in [3.8, 4) is 0 Å². The van der Waals surface area contributed by atoms with E-state index in [1.54, 1.807) is 36.7 Å². The van der Waals surface area contributed by atoms with E-state index >= 15 is 4.79 Å². The monoisotopic (exact) mass is 1700 g/mol. The minimum absolute atomic E-state index is 0.000537. The number of aromatic amines is 1. The predicted molar refractivity (Wildman–Crippen MR) is 430 cm³/mol. The Morgan fingerprint density at radius 3 is 1.38 bits per heavy atom. The summed E-state index contributed by atoms with van der Waals surface area (Å²) >= 11 is 1.35. The summed E-state index contributed by atoms with van der Waals surface area (Å²) in [4.78, 5) is 238. The van der Waals surface area contributed by atoms with Gasteiger partial charge in [-0.3, -0.25) is 92.9 Å². The number of nitrogens with zero attached hydrogens (tertiary/aromatic N) is 2. The van der Waals surface area contributed by atoms with Gasteiger partial charge < -0.3 is 139 Å². The number of carbonyl (C=O) groups excluding carboxylic acids is 13. The van der Waals surface area contributed by atoms with E-state index in [4.69, 9.17) is 55.7 Å². The molecule has 4 rings (SSSR count). The Balaban J connectivity index is 1.66. The first kappa shape index (κ1) is 99.2. The number of guanidine groups is 3. The number of primary amides is 1. The highest BCUT2D eigenvalue weighted by atomic mass is 32.2. The van der Waals surface area contributed by atoms with Crippen LogP contribution in [0.4, 0.5) is 0 Å². The van der Waals surface area contributed by atoms with Gasteiger partial charge in [0.2, 0.25) is 76.8 Å². The van der Waals surface area contributed by atoms with Gasteiger partial charge in [-0.1, -0.05) is 18.2 Å². The summed E-state index contributed by atoms with van der Waals surface area (Å²) in [5, 5.41) is 94.6. The van der Waals surface area contributed by atoms with Gasteiger partial charge in [-0.05, 0) is 146 Å². The molecule has 0 bridgehead atoms. The van der Waals surface area contributed by atoms with Crippen molar-refractivity contribution in [3.63, 3.8) is 0 Å². The zero-order valence-corrected chi connectivity index (χ0v) is 67.2. The van der Waals surface area contributed by atoms with Crippen LogP contribution in [0.1, 0.15) is 147 Å².